The predicted molar refractivity (Wildman–Crippen MR) is 55.0 cm³/mol. The fourth-order valence-corrected chi connectivity index (χ4v) is 2.09. The first-order valence-electron chi connectivity index (χ1n) is 4.59. The number of rotatable bonds is 0. The molecule has 0 saturated carbocycles. The molecule has 1 aliphatic rings. The maximum Gasteiger partial charge on any atom is 0.340 e. The van der Waals surface area contributed by atoms with E-state index in [0.29, 0.717) is 24.0 Å². The number of benzene rings is 1. The molecule has 0 saturated heterocycles. The van der Waals surface area contributed by atoms with Gasteiger partial charge in [0, 0.05) is 0 Å². The number of carbonyl (C=O) groups excluding carboxylic acids is 1. The number of ether oxygens (including phenoxy) is 1. The van der Waals surface area contributed by atoms with Crippen molar-refractivity contribution in [3.63, 3.8) is 0 Å². The van der Waals surface area contributed by atoms with Crippen molar-refractivity contribution >= 4 is 28.6 Å². The highest BCUT2D eigenvalue weighted by atomic mass is 35.5. The second-order valence-electron chi connectivity index (χ2n) is 3.34. The molecular formula is C10H7ClN2O2. The summed E-state index contributed by atoms with van der Waals surface area (Å²) >= 11 is 5.98. The molecule has 0 N–H and O–H groups in total. The minimum atomic E-state index is -0.309. The molecule has 0 aliphatic carbocycles. The van der Waals surface area contributed by atoms with Gasteiger partial charge in [0.1, 0.15) is 6.61 Å². The lowest BCUT2D eigenvalue weighted by Gasteiger charge is -1.99. The average Bonchev–Trinajstić information content (AvgIpc) is 2.43. The Bertz CT molecular complexity index is 562. The van der Waals surface area contributed by atoms with Gasteiger partial charge in [0.05, 0.1) is 23.1 Å². The smallest absolute Gasteiger partial charge is 0.340 e. The van der Waals surface area contributed by atoms with Crippen LogP contribution in [-0.2, 0) is 11.3 Å². The summed E-state index contributed by atoms with van der Waals surface area (Å²) in [5, 5.41) is 0.399. The van der Waals surface area contributed by atoms with Crippen molar-refractivity contribution in [2.24, 2.45) is 0 Å². The number of carbonyl (C=O) groups is 1. The van der Waals surface area contributed by atoms with Gasteiger partial charge in [-0.2, -0.15) is 0 Å². The van der Waals surface area contributed by atoms with Crippen molar-refractivity contribution in [3.8, 4) is 0 Å². The van der Waals surface area contributed by atoms with E-state index in [1.54, 1.807) is 16.7 Å². The summed E-state index contributed by atoms with van der Waals surface area (Å²) in [6, 6.07) is 5.34. The maximum absolute atomic E-state index is 11.6. The van der Waals surface area contributed by atoms with Crippen LogP contribution in [0, 0.1) is 0 Å². The maximum atomic E-state index is 11.6. The van der Waals surface area contributed by atoms with Gasteiger partial charge < -0.3 is 9.30 Å². The minimum Gasteiger partial charge on any atom is -0.460 e. The van der Waals surface area contributed by atoms with Gasteiger partial charge >= 0.3 is 5.97 Å². The van der Waals surface area contributed by atoms with E-state index in [-0.39, 0.29) is 5.97 Å². The van der Waals surface area contributed by atoms with E-state index in [1.165, 1.54) is 0 Å². The molecule has 0 fully saturated rings. The second-order valence-corrected chi connectivity index (χ2v) is 3.68. The monoisotopic (exact) mass is 222 g/mol. The lowest BCUT2D eigenvalue weighted by Crippen LogP contribution is -2.05. The molecule has 76 valence electrons. The van der Waals surface area contributed by atoms with Crippen molar-refractivity contribution in [1.29, 1.82) is 0 Å². The zero-order chi connectivity index (χ0) is 10.4. The predicted octanol–water partition coefficient (Wildman–Crippen LogP) is 1.86. The molecule has 1 aromatic carbocycles. The van der Waals surface area contributed by atoms with Crippen molar-refractivity contribution in [3.05, 3.63) is 29.0 Å². The number of cyclic esters (lactones) is 1. The number of halogens is 1. The summed E-state index contributed by atoms with van der Waals surface area (Å²) in [6.07, 6.45) is 0. The topological polar surface area (TPSA) is 44.1 Å². The van der Waals surface area contributed by atoms with Gasteiger partial charge in [-0.3, -0.25) is 0 Å². The van der Waals surface area contributed by atoms with Gasteiger partial charge in [-0.1, -0.05) is 6.07 Å². The largest absolute Gasteiger partial charge is 0.460 e. The van der Waals surface area contributed by atoms with Crippen LogP contribution in [0.1, 0.15) is 10.4 Å². The van der Waals surface area contributed by atoms with Crippen LogP contribution in [0.25, 0.3) is 11.0 Å². The Morgan fingerprint density at radius 3 is 3.20 bits per heavy atom. The molecule has 0 bridgehead atoms. The fraction of sp³-hybridized carbons (Fsp3) is 0.200. The molecule has 1 aliphatic heterocycles. The first kappa shape index (κ1) is 8.73. The molecule has 0 radical (unpaired) electrons. The quantitative estimate of drug-likeness (QED) is 0.639. The lowest BCUT2D eigenvalue weighted by molar-refractivity contribution is 0.0505. The summed E-state index contributed by atoms with van der Waals surface area (Å²) < 4.78 is 6.85. The van der Waals surface area contributed by atoms with E-state index in [4.69, 9.17) is 16.3 Å². The highest BCUT2D eigenvalue weighted by molar-refractivity contribution is 6.29. The molecule has 0 unspecified atom stereocenters. The van der Waals surface area contributed by atoms with Crippen molar-refractivity contribution in [2.45, 2.75) is 6.54 Å². The number of hydrogen-bond acceptors (Lipinski definition) is 3. The molecule has 0 spiro atoms. The number of para-hydroxylation sites is 1. The van der Waals surface area contributed by atoms with Crippen molar-refractivity contribution < 1.29 is 9.53 Å². The lowest BCUT2D eigenvalue weighted by atomic mass is 10.2. The summed E-state index contributed by atoms with van der Waals surface area (Å²) in [6.45, 7) is 0.886. The van der Waals surface area contributed by atoms with Crippen LogP contribution >= 0.6 is 11.6 Å². The second kappa shape index (κ2) is 2.97. The van der Waals surface area contributed by atoms with Gasteiger partial charge in [0.25, 0.3) is 0 Å². The van der Waals surface area contributed by atoms with Gasteiger partial charge in [-0.05, 0) is 23.7 Å². The van der Waals surface area contributed by atoms with Crippen LogP contribution in [0.2, 0.25) is 5.28 Å². The number of imidazole rings is 1. The SMILES string of the molecule is O=C1OCCn2c(Cl)nc3cccc1c32. The van der Waals surface area contributed by atoms with Gasteiger partial charge in [0.2, 0.25) is 5.28 Å². The van der Waals surface area contributed by atoms with Crippen molar-refractivity contribution in [1.82, 2.24) is 9.55 Å². The molecule has 15 heavy (non-hydrogen) atoms. The normalized spacial score (nSPS) is 15.1. The Hall–Kier alpha value is -1.55. The van der Waals surface area contributed by atoms with E-state index in [1.807, 2.05) is 6.07 Å². The third-order valence-electron chi connectivity index (χ3n) is 2.49. The van der Waals surface area contributed by atoms with Crippen LogP contribution in [0.15, 0.2) is 18.2 Å². The van der Waals surface area contributed by atoms with Gasteiger partial charge in [-0.15, -0.1) is 0 Å². The van der Waals surface area contributed by atoms with Crippen LogP contribution in [0.5, 0.6) is 0 Å². The zero-order valence-corrected chi connectivity index (χ0v) is 8.49. The zero-order valence-electron chi connectivity index (χ0n) is 7.74. The summed E-state index contributed by atoms with van der Waals surface area (Å²) in [5.74, 6) is -0.309. The fourth-order valence-electron chi connectivity index (χ4n) is 1.83. The highest BCUT2D eigenvalue weighted by Gasteiger charge is 2.21. The van der Waals surface area contributed by atoms with Gasteiger partial charge in [-0.25, -0.2) is 9.78 Å². The van der Waals surface area contributed by atoms with E-state index in [9.17, 15) is 4.79 Å². The van der Waals surface area contributed by atoms with Gasteiger partial charge in [0.15, 0.2) is 0 Å². The average molecular weight is 223 g/mol. The Labute approximate surface area is 90.4 Å². The van der Waals surface area contributed by atoms with Crippen molar-refractivity contribution in [2.75, 3.05) is 6.61 Å². The van der Waals surface area contributed by atoms with E-state index in [0.717, 1.165) is 11.0 Å². The van der Waals surface area contributed by atoms with Crippen LogP contribution in [-0.4, -0.2) is 22.1 Å². The number of esters is 1. The van der Waals surface area contributed by atoms with E-state index >= 15 is 0 Å². The standard InChI is InChI=1S/C10H7ClN2O2/c11-10-12-7-3-1-2-6-8(7)13(10)4-5-15-9(6)14/h1-3H,4-5H2. The molecule has 0 atom stereocenters. The minimum absolute atomic E-state index is 0.309. The van der Waals surface area contributed by atoms with Crippen LogP contribution < -0.4 is 0 Å². The van der Waals surface area contributed by atoms with Crippen LogP contribution in [0.4, 0.5) is 0 Å². The molecule has 4 nitrogen and oxygen atoms in total. The summed E-state index contributed by atoms with van der Waals surface area (Å²) in [5.41, 5.74) is 2.03. The third kappa shape index (κ3) is 1.15. The number of aromatic nitrogens is 2. The summed E-state index contributed by atoms with van der Waals surface area (Å²) in [7, 11) is 0. The van der Waals surface area contributed by atoms with Crippen LogP contribution in [0.3, 0.4) is 0 Å². The molecule has 1 aromatic heterocycles. The highest BCUT2D eigenvalue weighted by Crippen LogP contribution is 2.25. The molecule has 5 heteroatoms. The Morgan fingerprint density at radius 1 is 1.47 bits per heavy atom. The number of hydrogen-bond donors (Lipinski definition) is 0. The Morgan fingerprint density at radius 2 is 2.33 bits per heavy atom. The Balaban J connectivity index is 2.47. The third-order valence-corrected chi connectivity index (χ3v) is 2.78. The Kier molecular flexibility index (Phi) is 1.73. The molecule has 2 heterocycles. The van der Waals surface area contributed by atoms with E-state index in [2.05, 4.69) is 4.98 Å². The molecule has 3 rings (SSSR count). The summed E-state index contributed by atoms with van der Waals surface area (Å²) in [4.78, 5) is 15.8. The van der Waals surface area contributed by atoms with E-state index < -0.39 is 0 Å². The molecule has 2 aromatic rings. The molecule has 0 amide bonds. The molecular weight excluding hydrogens is 216 g/mol. The first-order chi connectivity index (χ1) is 7.27. The first-order valence-corrected chi connectivity index (χ1v) is 4.97. The number of nitrogens with zero attached hydrogens (tertiary/aromatic N) is 2.